The standard InChI is InChI=1S/C19H31N3O2.HI/c1-3-20-19(22-16(2)17-9-5-4-6-10-17)21-12-8-13-23-15-18-11-7-14-24-18;/h4-6,9-10,16,18H,3,7-8,11-15H2,1-2H3,(H2,20,21,22);1H. The minimum absolute atomic E-state index is 0. The molecule has 0 radical (unpaired) electrons. The maximum absolute atomic E-state index is 5.67. The number of benzene rings is 1. The second kappa shape index (κ2) is 13.4. The summed E-state index contributed by atoms with van der Waals surface area (Å²) in [6.45, 7) is 8.16. The van der Waals surface area contributed by atoms with E-state index in [0.717, 1.165) is 51.5 Å². The van der Waals surface area contributed by atoms with E-state index < -0.39 is 0 Å². The average Bonchev–Trinajstić information content (AvgIpc) is 3.12. The largest absolute Gasteiger partial charge is 0.379 e. The molecule has 1 aliphatic heterocycles. The van der Waals surface area contributed by atoms with E-state index in [1.54, 1.807) is 0 Å². The van der Waals surface area contributed by atoms with Crippen molar-refractivity contribution in [2.45, 2.75) is 45.3 Å². The Morgan fingerprint density at radius 3 is 2.84 bits per heavy atom. The highest BCUT2D eigenvalue weighted by atomic mass is 127. The summed E-state index contributed by atoms with van der Waals surface area (Å²) in [5, 5.41) is 6.74. The van der Waals surface area contributed by atoms with Crippen LogP contribution in [0.2, 0.25) is 0 Å². The zero-order chi connectivity index (χ0) is 17.0. The Hall–Kier alpha value is -0.860. The van der Waals surface area contributed by atoms with Crippen LogP contribution in [0.5, 0.6) is 0 Å². The summed E-state index contributed by atoms with van der Waals surface area (Å²) in [7, 11) is 0. The van der Waals surface area contributed by atoms with Gasteiger partial charge in [-0.1, -0.05) is 30.3 Å². The summed E-state index contributed by atoms with van der Waals surface area (Å²) in [4.78, 5) is 4.63. The third kappa shape index (κ3) is 8.87. The second-order valence-electron chi connectivity index (χ2n) is 6.10. The van der Waals surface area contributed by atoms with Gasteiger partial charge in [0.05, 0.1) is 18.8 Å². The molecule has 2 atom stereocenters. The van der Waals surface area contributed by atoms with Crippen molar-refractivity contribution in [3.05, 3.63) is 35.9 Å². The molecular formula is C19H32IN3O2. The van der Waals surface area contributed by atoms with Crippen LogP contribution in [0.15, 0.2) is 35.3 Å². The molecule has 5 nitrogen and oxygen atoms in total. The van der Waals surface area contributed by atoms with E-state index in [1.165, 1.54) is 5.56 Å². The first kappa shape index (κ1) is 22.2. The molecule has 142 valence electrons. The normalized spacial score (nSPS) is 18.5. The molecule has 2 unspecified atom stereocenters. The highest BCUT2D eigenvalue weighted by Gasteiger charge is 2.14. The van der Waals surface area contributed by atoms with Crippen LogP contribution in [-0.2, 0) is 9.47 Å². The van der Waals surface area contributed by atoms with E-state index in [1.807, 2.05) is 6.07 Å². The van der Waals surface area contributed by atoms with Gasteiger partial charge in [-0.2, -0.15) is 0 Å². The van der Waals surface area contributed by atoms with Gasteiger partial charge in [0, 0.05) is 26.3 Å². The van der Waals surface area contributed by atoms with E-state index in [0.29, 0.717) is 12.7 Å². The van der Waals surface area contributed by atoms with Gasteiger partial charge in [0.25, 0.3) is 0 Å². The molecular weight excluding hydrogens is 429 g/mol. The van der Waals surface area contributed by atoms with Gasteiger partial charge in [-0.25, -0.2) is 0 Å². The van der Waals surface area contributed by atoms with Gasteiger partial charge in [-0.05, 0) is 38.7 Å². The lowest BCUT2D eigenvalue weighted by molar-refractivity contribution is 0.0171. The first-order valence-corrected chi connectivity index (χ1v) is 9.08. The van der Waals surface area contributed by atoms with E-state index >= 15 is 0 Å². The predicted octanol–water partition coefficient (Wildman–Crippen LogP) is 3.51. The molecule has 1 saturated heterocycles. The zero-order valence-corrected chi connectivity index (χ0v) is 17.7. The van der Waals surface area contributed by atoms with Crippen molar-refractivity contribution in [3.63, 3.8) is 0 Å². The first-order chi connectivity index (χ1) is 11.8. The number of nitrogens with zero attached hydrogens (tertiary/aromatic N) is 1. The van der Waals surface area contributed by atoms with E-state index in [4.69, 9.17) is 9.47 Å². The molecule has 2 N–H and O–H groups in total. The lowest BCUT2D eigenvalue weighted by Crippen LogP contribution is -2.38. The molecule has 1 fully saturated rings. The Morgan fingerprint density at radius 1 is 1.36 bits per heavy atom. The highest BCUT2D eigenvalue weighted by Crippen LogP contribution is 2.12. The van der Waals surface area contributed by atoms with Gasteiger partial charge < -0.3 is 20.1 Å². The van der Waals surface area contributed by atoms with Crippen LogP contribution in [0, 0.1) is 0 Å². The molecule has 0 aliphatic carbocycles. The summed E-state index contributed by atoms with van der Waals surface area (Å²) >= 11 is 0. The predicted molar refractivity (Wildman–Crippen MR) is 114 cm³/mol. The van der Waals surface area contributed by atoms with Crippen molar-refractivity contribution < 1.29 is 9.47 Å². The number of nitrogens with one attached hydrogen (secondary N) is 2. The number of halogens is 1. The Bertz CT molecular complexity index is 479. The minimum Gasteiger partial charge on any atom is -0.379 e. The molecule has 1 heterocycles. The summed E-state index contributed by atoms with van der Waals surface area (Å²) in [6.07, 6.45) is 3.52. The Labute approximate surface area is 169 Å². The zero-order valence-electron chi connectivity index (χ0n) is 15.4. The van der Waals surface area contributed by atoms with Gasteiger partial charge in [0.1, 0.15) is 0 Å². The van der Waals surface area contributed by atoms with Crippen molar-refractivity contribution in [3.8, 4) is 0 Å². The lowest BCUT2D eigenvalue weighted by atomic mass is 10.1. The van der Waals surface area contributed by atoms with Gasteiger partial charge in [-0.3, -0.25) is 4.99 Å². The number of hydrogen-bond acceptors (Lipinski definition) is 3. The monoisotopic (exact) mass is 461 g/mol. The molecule has 25 heavy (non-hydrogen) atoms. The third-order valence-electron chi connectivity index (χ3n) is 4.04. The molecule has 0 amide bonds. The SMILES string of the molecule is CCNC(=NCCCOCC1CCCO1)NC(C)c1ccccc1.I. The summed E-state index contributed by atoms with van der Waals surface area (Å²) in [6, 6.07) is 10.6. The van der Waals surface area contributed by atoms with Crippen LogP contribution in [0.1, 0.15) is 44.7 Å². The van der Waals surface area contributed by atoms with Crippen molar-refractivity contribution in [2.75, 3.05) is 32.9 Å². The fourth-order valence-electron chi connectivity index (χ4n) is 2.70. The molecule has 1 aromatic carbocycles. The Balaban J connectivity index is 0.00000312. The molecule has 1 aromatic rings. The van der Waals surface area contributed by atoms with Crippen LogP contribution >= 0.6 is 24.0 Å². The quantitative estimate of drug-likeness (QED) is 0.256. The van der Waals surface area contributed by atoms with Crippen molar-refractivity contribution >= 4 is 29.9 Å². The molecule has 2 rings (SSSR count). The molecule has 0 spiro atoms. The number of aliphatic imine (C=N–C) groups is 1. The highest BCUT2D eigenvalue weighted by molar-refractivity contribution is 14.0. The van der Waals surface area contributed by atoms with Crippen LogP contribution in [-0.4, -0.2) is 45.0 Å². The number of ether oxygens (including phenoxy) is 2. The Kier molecular flexibility index (Phi) is 11.9. The summed E-state index contributed by atoms with van der Waals surface area (Å²) in [5.41, 5.74) is 1.25. The number of hydrogen-bond donors (Lipinski definition) is 2. The molecule has 0 saturated carbocycles. The summed E-state index contributed by atoms with van der Waals surface area (Å²) in [5.74, 6) is 0.855. The number of guanidine groups is 1. The Morgan fingerprint density at radius 2 is 2.16 bits per heavy atom. The van der Waals surface area contributed by atoms with Crippen LogP contribution in [0.3, 0.4) is 0 Å². The second-order valence-corrected chi connectivity index (χ2v) is 6.10. The first-order valence-electron chi connectivity index (χ1n) is 9.08. The maximum atomic E-state index is 5.67. The average molecular weight is 461 g/mol. The lowest BCUT2D eigenvalue weighted by Gasteiger charge is -2.18. The van der Waals surface area contributed by atoms with Crippen LogP contribution < -0.4 is 10.6 Å². The maximum Gasteiger partial charge on any atom is 0.191 e. The third-order valence-corrected chi connectivity index (χ3v) is 4.04. The fourth-order valence-corrected chi connectivity index (χ4v) is 2.70. The van der Waals surface area contributed by atoms with Gasteiger partial charge in [-0.15, -0.1) is 24.0 Å². The minimum atomic E-state index is 0. The molecule has 0 bridgehead atoms. The van der Waals surface area contributed by atoms with Crippen molar-refractivity contribution in [1.82, 2.24) is 10.6 Å². The van der Waals surface area contributed by atoms with Crippen molar-refractivity contribution in [2.24, 2.45) is 4.99 Å². The van der Waals surface area contributed by atoms with Gasteiger partial charge >= 0.3 is 0 Å². The van der Waals surface area contributed by atoms with E-state index in [2.05, 4.69) is 53.7 Å². The van der Waals surface area contributed by atoms with E-state index in [-0.39, 0.29) is 30.0 Å². The topological polar surface area (TPSA) is 54.9 Å². The smallest absolute Gasteiger partial charge is 0.191 e. The molecule has 6 heteroatoms. The summed E-state index contributed by atoms with van der Waals surface area (Å²) < 4.78 is 11.2. The molecule has 1 aliphatic rings. The number of rotatable bonds is 9. The van der Waals surface area contributed by atoms with Crippen molar-refractivity contribution in [1.29, 1.82) is 0 Å². The molecule has 0 aromatic heterocycles. The van der Waals surface area contributed by atoms with Gasteiger partial charge in [0.15, 0.2) is 5.96 Å². The van der Waals surface area contributed by atoms with Crippen LogP contribution in [0.4, 0.5) is 0 Å². The van der Waals surface area contributed by atoms with Crippen LogP contribution in [0.25, 0.3) is 0 Å². The van der Waals surface area contributed by atoms with E-state index in [9.17, 15) is 0 Å². The van der Waals surface area contributed by atoms with Gasteiger partial charge in [0.2, 0.25) is 0 Å². The fraction of sp³-hybridized carbons (Fsp3) is 0.632.